The molecule has 2 aromatic carbocycles. The minimum absolute atomic E-state index is 0.287. The first-order valence-electron chi connectivity index (χ1n) is 11.2. The number of carbonyl (C=O) groups is 1. The third-order valence-electron chi connectivity index (χ3n) is 6.62. The van der Waals surface area contributed by atoms with Crippen LogP contribution in [0.5, 0.6) is 0 Å². The van der Waals surface area contributed by atoms with Gasteiger partial charge in [-0.3, -0.25) is 14.6 Å². The first-order valence-corrected chi connectivity index (χ1v) is 11.2. The largest absolute Gasteiger partial charge is 0.369 e. The first-order chi connectivity index (χ1) is 14.6. The quantitative estimate of drug-likeness (QED) is 0.764. The maximum absolute atomic E-state index is 12.8. The van der Waals surface area contributed by atoms with E-state index in [1.807, 2.05) is 0 Å². The zero-order valence-corrected chi connectivity index (χ0v) is 18.4. The Bertz CT molecular complexity index is 837. The van der Waals surface area contributed by atoms with Crippen molar-refractivity contribution in [3.8, 4) is 0 Å². The summed E-state index contributed by atoms with van der Waals surface area (Å²) < 4.78 is 0. The molecule has 2 aliphatic rings. The molecule has 2 aliphatic heterocycles. The topological polar surface area (TPSA) is 30.0 Å². The smallest absolute Gasteiger partial charge is 0.236 e. The van der Waals surface area contributed by atoms with Crippen LogP contribution in [0.1, 0.15) is 16.7 Å². The molecule has 0 bridgehead atoms. The van der Waals surface area contributed by atoms with Crippen molar-refractivity contribution in [2.75, 3.05) is 63.8 Å². The van der Waals surface area contributed by atoms with E-state index in [2.05, 4.69) is 82.0 Å². The van der Waals surface area contributed by atoms with E-state index in [0.717, 1.165) is 58.9 Å². The average Bonchev–Trinajstić information content (AvgIpc) is 2.77. The Morgan fingerprint density at radius 3 is 2.13 bits per heavy atom. The Kier molecular flexibility index (Phi) is 6.70. The normalized spacial score (nSPS) is 18.6. The Morgan fingerprint density at radius 1 is 0.767 bits per heavy atom. The lowest BCUT2D eigenvalue weighted by Crippen LogP contribution is -2.53. The maximum atomic E-state index is 12.8. The number of hydrogen-bond donors (Lipinski definition) is 0. The number of hydrogen-bond acceptors (Lipinski definition) is 4. The molecule has 160 valence electrons. The summed E-state index contributed by atoms with van der Waals surface area (Å²) in [6, 6.07) is 17.1. The number of anilines is 1. The SMILES string of the molecule is Cc1cccc(N2CCN(CC(=O)N3CCN(Cc4ccccc4)CC3)CC2)c1C. The van der Waals surface area contributed by atoms with Gasteiger partial charge in [-0.1, -0.05) is 42.5 Å². The fraction of sp³-hybridized carbons (Fsp3) is 0.480. The van der Waals surface area contributed by atoms with Gasteiger partial charge in [0.05, 0.1) is 6.54 Å². The van der Waals surface area contributed by atoms with Crippen molar-refractivity contribution in [3.63, 3.8) is 0 Å². The van der Waals surface area contributed by atoms with Gasteiger partial charge in [0.25, 0.3) is 0 Å². The molecule has 2 heterocycles. The molecule has 0 aromatic heterocycles. The lowest BCUT2D eigenvalue weighted by Gasteiger charge is -2.39. The molecule has 0 radical (unpaired) electrons. The van der Waals surface area contributed by atoms with Gasteiger partial charge < -0.3 is 9.80 Å². The van der Waals surface area contributed by atoms with Gasteiger partial charge in [-0.25, -0.2) is 0 Å². The summed E-state index contributed by atoms with van der Waals surface area (Å²) in [7, 11) is 0. The first kappa shape index (κ1) is 20.9. The number of benzene rings is 2. The van der Waals surface area contributed by atoms with Crippen molar-refractivity contribution in [2.45, 2.75) is 20.4 Å². The summed E-state index contributed by atoms with van der Waals surface area (Å²) in [5.74, 6) is 0.287. The lowest BCUT2D eigenvalue weighted by atomic mass is 10.1. The van der Waals surface area contributed by atoms with Gasteiger partial charge in [0.15, 0.2) is 0 Å². The number of carbonyl (C=O) groups excluding carboxylic acids is 1. The predicted molar refractivity (Wildman–Crippen MR) is 123 cm³/mol. The Labute approximate surface area is 180 Å². The highest BCUT2D eigenvalue weighted by Crippen LogP contribution is 2.23. The molecular formula is C25H34N4O. The van der Waals surface area contributed by atoms with E-state index in [1.165, 1.54) is 22.4 Å². The van der Waals surface area contributed by atoms with Gasteiger partial charge in [-0.15, -0.1) is 0 Å². The minimum atomic E-state index is 0.287. The number of rotatable bonds is 5. The summed E-state index contributed by atoms with van der Waals surface area (Å²) in [6.07, 6.45) is 0. The van der Waals surface area contributed by atoms with Crippen molar-refractivity contribution in [1.29, 1.82) is 0 Å². The molecule has 0 spiro atoms. The summed E-state index contributed by atoms with van der Waals surface area (Å²) in [5.41, 5.74) is 5.40. The maximum Gasteiger partial charge on any atom is 0.236 e. The average molecular weight is 407 g/mol. The number of nitrogens with zero attached hydrogens (tertiary/aromatic N) is 4. The van der Waals surface area contributed by atoms with Gasteiger partial charge in [-0.05, 0) is 36.6 Å². The molecule has 0 saturated carbocycles. The molecule has 2 aromatic rings. The van der Waals surface area contributed by atoms with Crippen LogP contribution in [0.3, 0.4) is 0 Å². The molecule has 5 nitrogen and oxygen atoms in total. The number of aryl methyl sites for hydroxylation is 1. The molecule has 0 aliphatic carbocycles. The number of piperazine rings is 2. The van der Waals surface area contributed by atoms with E-state index < -0.39 is 0 Å². The van der Waals surface area contributed by atoms with Crippen molar-refractivity contribution in [2.24, 2.45) is 0 Å². The molecular weight excluding hydrogens is 372 g/mol. The molecule has 0 N–H and O–H groups in total. The minimum Gasteiger partial charge on any atom is -0.369 e. The molecule has 0 atom stereocenters. The van der Waals surface area contributed by atoms with Crippen LogP contribution >= 0.6 is 0 Å². The van der Waals surface area contributed by atoms with Crippen molar-refractivity contribution < 1.29 is 4.79 Å². The van der Waals surface area contributed by atoms with Crippen LogP contribution in [0, 0.1) is 13.8 Å². The van der Waals surface area contributed by atoms with E-state index in [9.17, 15) is 4.79 Å². The third kappa shape index (κ3) is 5.02. The van der Waals surface area contributed by atoms with Gasteiger partial charge in [0.2, 0.25) is 5.91 Å². The predicted octanol–water partition coefficient (Wildman–Crippen LogP) is 2.77. The fourth-order valence-electron chi connectivity index (χ4n) is 4.51. The third-order valence-corrected chi connectivity index (χ3v) is 6.62. The van der Waals surface area contributed by atoms with E-state index in [4.69, 9.17) is 0 Å². The molecule has 4 rings (SSSR count). The van der Waals surface area contributed by atoms with Crippen LogP contribution in [0.25, 0.3) is 0 Å². The molecule has 2 saturated heterocycles. The highest BCUT2D eigenvalue weighted by atomic mass is 16.2. The lowest BCUT2D eigenvalue weighted by molar-refractivity contribution is -0.134. The van der Waals surface area contributed by atoms with Crippen LogP contribution in [0.15, 0.2) is 48.5 Å². The van der Waals surface area contributed by atoms with Gasteiger partial charge in [0, 0.05) is 64.6 Å². The zero-order chi connectivity index (χ0) is 20.9. The molecule has 5 heteroatoms. The van der Waals surface area contributed by atoms with Crippen molar-refractivity contribution >= 4 is 11.6 Å². The second-order valence-electron chi connectivity index (χ2n) is 8.62. The highest BCUT2D eigenvalue weighted by Gasteiger charge is 2.25. The van der Waals surface area contributed by atoms with Gasteiger partial charge in [0.1, 0.15) is 0 Å². The molecule has 1 amide bonds. The van der Waals surface area contributed by atoms with Gasteiger partial charge >= 0.3 is 0 Å². The fourth-order valence-corrected chi connectivity index (χ4v) is 4.51. The molecule has 2 fully saturated rings. The van der Waals surface area contributed by atoms with Crippen LogP contribution < -0.4 is 4.90 Å². The Morgan fingerprint density at radius 2 is 1.43 bits per heavy atom. The van der Waals surface area contributed by atoms with Crippen LogP contribution in [-0.2, 0) is 11.3 Å². The van der Waals surface area contributed by atoms with E-state index in [1.54, 1.807) is 0 Å². The van der Waals surface area contributed by atoms with Crippen molar-refractivity contribution in [1.82, 2.24) is 14.7 Å². The zero-order valence-electron chi connectivity index (χ0n) is 18.4. The highest BCUT2D eigenvalue weighted by molar-refractivity contribution is 5.78. The summed E-state index contributed by atoms with van der Waals surface area (Å²) in [6.45, 7) is 13.4. The van der Waals surface area contributed by atoms with Crippen LogP contribution in [0.4, 0.5) is 5.69 Å². The van der Waals surface area contributed by atoms with Gasteiger partial charge in [-0.2, -0.15) is 0 Å². The van der Waals surface area contributed by atoms with Crippen LogP contribution in [-0.4, -0.2) is 79.5 Å². The second-order valence-corrected chi connectivity index (χ2v) is 8.62. The van der Waals surface area contributed by atoms with E-state index in [-0.39, 0.29) is 5.91 Å². The Hall–Kier alpha value is -2.37. The monoisotopic (exact) mass is 406 g/mol. The van der Waals surface area contributed by atoms with E-state index in [0.29, 0.717) is 6.54 Å². The van der Waals surface area contributed by atoms with E-state index >= 15 is 0 Å². The summed E-state index contributed by atoms with van der Waals surface area (Å²) in [4.78, 5) is 22.1. The van der Waals surface area contributed by atoms with Crippen LogP contribution in [0.2, 0.25) is 0 Å². The molecule has 0 unspecified atom stereocenters. The number of amides is 1. The second kappa shape index (κ2) is 9.63. The Balaban J connectivity index is 1.21. The van der Waals surface area contributed by atoms with Crippen molar-refractivity contribution in [3.05, 3.63) is 65.2 Å². The summed E-state index contributed by atoms with van der Waals surface area (Å²) >= 11 is 0. The standard InChI is InChI=1S/C25H34N4O/c1-21-7-6-10-24(22(21)2)28-15-11-27(12-16-28)20-25(30)29-17-13-26(14-18-29)19-23-8-4-3-5-9-23/h3-10H,11-20H2,1-2H3. The molecule has 30 heavy (non-hydrogen) atoms. The summed E-state index contributed by atoms with van der Waals surface area (Å²) in [5, 5.41) is 0.